The fourth-order valence-corrected chi connectivity index (χ4v) is 2.17. The van der Waals surface area contributed by atoms with E-state index in [-0.39, 0.29) is 12.0 Å². The fraction of sp³-hybridized carbons (Fsp3) is 0.500. The Morgan fingerprint density at radius 3 is 2.65 bits per heavy atom. The molecule has 0 radical (unpaired) electrons. The highest BCUT2D eigenvalue weighted by molar-refractivity contribution is 5.73. The molecule has 92 valence electrons. The molecule has 1 heterocycles. The highest BCUT2D eigenvalue weighted by atomic mass is 16.5. The molecule has 1 amide bonds. The van der Waals surface area contributed by atoms with E-state index in [0.717, 1.165) is 31.7 Å². The number of hydrogen-bond acceptors (Lipinski definition) is 2. The summed E-state index contributed by atoms with van der Waals surface area (Å²) in [5, 5.41) is 0. The largest absolute Gasteiger partial charge is 0.490 e. The Morgan fingerprint density at radius 1 is 1.35 bits per heavy atom. The van der Waals surface area contributed by atoms with E-state index in [4.69, 9.17) is 4.74 Å². The van der Waals surface area contributed by atoms with Crippen molar-refractivity contribution < 1.29 is 9.53 Å². The summed E-state index contributed by atoms with van der Waals surface area (Å²) in [6.07, 6.45) is 2.09. The molecule has 1 aromatic carbocycles. The van der Waals surface area contributed by atoms with Gasteiger partial charge in [0.05, 0.1) is 0 Å². The average molecular weight is 233 g/mol. The topological polar surface area (TPSA) is 29.5 Å². The van der Waals surface area contributed by atoms with Crippen LogP contribution in [-0.4, -0.2) is 30.0 Å². The van der Waals surface area contributed by atoms with Gasteiger partial charge in [-0.25, -0.2) is 0 Å². The van der Waals surface area contributed by atoms with Crippen LogP contribution in [0.5, 0.6) is 5.75 Å². The molecular formula is C14H19NO2. The van der Waals surface area contributed by atoms with Gasteiger partial charge < -0.3 is 9.64 Å². The van der Waals surface area contributed by atoms with Gasteiger partial charge in [0.25, 0.3) is 0 Å². The summed E-state index contributed by atoms with van der Waals surface area (Å²) in [5.74, 6) is 1.10. The SMILES string of the molecule is CC(=O)N1CCC(Oc2cccc(C)c2)CC1. The van der Waals surface area contributed by atoms with Crippen LogP contribution in [0.2, 0.25) is 0 Å². The van der Waals surface area contributed by atoms with Crippen LogP contribution in [0.1, 0.15) is 25.3 Å². The van der Waals surface area contributed by atoms with E-state index >= 15 is 0 Å². The molecule has 0 atom stereocenters. The van der Waals surface area contributed by atoms with E-state index in [0.29, 0.717) is 0 Å². The minimum Gasteiger partial charge on any atom is -0.490 e. The number of rotatable bonds is 2. The number of aryl methyl sites for hydroxylation is 1. The van der Waals surface area contributed by atoms with E-state index < -0.39 is 0 Å². The number of carbonyl (C=O) groups excluding carboxylic acids is 1. The van der Waals surface area contributed by atoms with Gasteiger partial charge in [-0.3, -0.25) is 4.79 Å². The number of carbonyl (C=O) groups is 1. The van der Waals surface area contributed by atoms with E-state index in [1.807, 2.05) is 17.0 Å². The van der Waals surface area contributed by atoms with Crippen molar-refractivity contribution in [2.24, 2.45) is 0 Å². The van der Waals surface area contributed by atoms with Crippen LogP contribution in [0.4, 0.5) is 0 Å². The summed E-state index contributed by atoms with van der Waals surface area (Å²) < 4.78 is 5.93. The Hall–Kier alpha value is -1.51. The van der Waals surface area contributed by atoms with Gasteiger partial charge in [-0.1, -0.05) is 12.1 Å². The van der Waals surface area contributed by atoms with Gasteiger partial charge in [-0.15, -0.1) is 0 Å². The Kier molecular flexibility index (Phi) is 3.67. The first kappa shape index (κ1) is 12.0. The van der Waals surface area contributed by atoms with Gasteiger partial charge in [-0.2, -0.15) is 0 Å². The molecule has 0 unspecified atom stereocenters. The second kappa shape index (κ2) is 5.21. The predicted molar refractivity (Wildman–Crippen MR) is 67.1 cm³/mol. The van der Waals surface area contributed by atoms with Gasteiger partial charge in [0, 0.05) is 32.9 Å². The average Bonchev–Trinajstić information content (AvgIpc) is 2.29. The summed E-state index contributed by atoms with van der Waals surface area (Å²) in [5.41, 5.74) is 1.21. The van der Waals surface area contributed by atoms with Gasteiger partial charge in [-0.05, 0) is 24.6 Å². The van der Waals surface area contributed by atoms with Crippen LogP contribution >= 0.6 is 0 Å². The fourth-order valence-electron chi connectivity index (χ4n) is 2.17. The van der Waals surface area contributed by atoms with Gasteiger partial charge in [0.1, 0.15) is 11.9 Å². The van der Waals surface area contributed by atoms with Crippen molar-refractivity contribution in [3.8, 4) is 5.75 Å². The number of benzene rings is 1. The maximum absolute atomic E-state index is 11.2. The highest BCUT2D eigenvalue weighted by Crippen LogP contribution is 2.19. The van der Waals surface area contributed by atoms with Crippen molar-refractivity contribution in [1.82, 2.24) is 4.90 Å². The third kappa shape index (κ3) is 3.22. The monoisotopic (exact) mass is 233 g/mol. The second-order valence-corrected chi connectivity index (χ2v) is 4.64. The lowest BCUT2D eigenvalue weighted by Gasteiger charge is -2.31. The number of likely N-dealkylation sites (tertiary alicyclic amines) is 1. The standard InChI is InChI=1S/C14H19NO2/c1-11-4-3-5-14(10-11)17-13-6-8-15(9-7-13)12(2)16/h3-5,10,13H,6-9H2,1-2H3. The molecule has 0 bridgehead atoms. The predicted octanol–water partition coefficient (Wildman–Crippen LogP) is 2.38. The number of hydrogen-bond donors (Lipinski definition) is 0. The van der Waals surface area contributed by atoms with Crippen LogP contribution in [0, 0.1) is 6.92 Å². The molecule has 0 aromatic heterocycles. The summed E-state index contributed by atoms with van der Waals surface area (Å²) >= 11 is 0. The molecule has 0 saturated carbocycles. The van der Waals surface area contributed by atoms with Crippen LogP contribution in [0.15, 0.2) is 24.3 Å². The van der Waals surface area contributed by atoms with Crippen molar-refractivity contribution in [1.29, 1.82) is 0 Å². The molecule has 3 nitrogen and oxygen atoms in total. The Labute approximate surface area is 102 Å². The van der Waals surface area contributed by atoms with E-state index in [2.05, 4.69) is 19.1 Å². The molecule has 0 N–H and O–H groups in total. The van der Waals surface area contributed by atoms with E-state index in [9.17, 15) is 4.79 Å². The molecule has 1 fully saturated rings. The lowest BCUT2D eigenvalue weighted by atomic mass is 10.1. The zero-order chi connectivity index (χ0) is 12.3. The van der Waals surface area contributed by atoms with Crippen LogP contribution in [0.25, 0.3) is 0 Å². The maximum Gasteiger partial charge on any atom is 0.219 e. The van der Waals surface area contributed by atoms with Gasteiger partial charge >= 0.3 is 0 Å². The molecule has 3 heteroatoms. The Bertz CT molecular complexity index is 395. The summed E-state index contributed by atoms with van der Waals surface area (Å²) in [6.45, 7) is 5.31. The van der Waals surface area contributed by atoms with Crippen molar-refractivity contribution in [2.75, 3.05) is 13.1 Å². The van der Waals surface area contributed by atoms with Crippen molar-refractivity contribution in [3.63, 3.8) is 0 Å². The minimum absolute atomic E-state index is 0.166. The molecule has 1 aliphatic heterocycles. The normalized spacial score (nSPS) is 16.9. The van der Waals surface area contributed by atoms with Gasteiger partial charge in [0.2, 0.25) is 5.91 Å². The molecule has 17 heavy (non-hydrogen) atoms. The summed E-state index contributed by atoms with van der Waals surface area (Å²) in [7, 11) is 0. The Morgan fingerprint density at radius 2 is 2.06 bits per heavy atom. The maximum atomic E-state index is 11.2. The number of piperidine rings is 1. The summed E-state index contributed by atoms with van der Waals surface area (Å²) in [4.78, 5) is 13.1. The zero-order valence-electron chi connectivity index (χ0n) is 10.5. The second-order valence-electron chi connectivity index (χ2n) is 4.64. The van der Waals surface area contributed by atoms with E-state index in [1.165, 1.54) is 5.56 Å². The third-order valence-corrected chi connectivity index (χ3v) is 3.18. The zero-order valence-corrected chi connectivity index (χ0v) is 10.5. The molecule has 2 rings (SSSR count). The molecule has 0 aliphatic carbocycles. The van der Waals surface area contributed by atoms with Gasteiger partial charge in [0.15, 0.2) is 0 Å². The van der Waals surface area contributed by atoms with Crippen LogP contribution in [0.3, 0.4) is 0 Å². The first-order valence-electron chi connectivity index (χ1n) is 6.14. The molecular weight excluding hydrogens is 214 g/mol. The quantitative estimate of drug-likeness (QED) is 0.785. The minimum atomic E-state index is 0.166. The van der Waals surface area contributed by atoms with Crippen molar-refractivity contribution in [2.45, 2.75) is 32.8 Å². The smallest absolute Gasteiger partial charge is 0.219 e. The third-order valence-electron chi connectivity index (χ3n) is 3.18. The number of amides is 1. The summed E-state index contributed by atoms with van der Waals surface area (Å²) in [6, 6.07) is 8.11. The first-order valence-corrected chi connectivity index (χ1v) is 6.14. The van der Waals surface area contributed by atoms with Crippen LogP contribution in [-0.2, 0) is 4.79 Å². The number of nitrogens with zero attached hydrogens (tertiary/aromatic N) is 1. The lowest BCUT2D eigenvalue weighted by Crippen LogP contribution is -2.40. The molecule has 0 spiro atoms. The first-order chi connectivity index (χ1) is 8.15. The van der Waals surface area contributed by atoms with E-state index in [1.54, 1.807) is 6.92 Å². The molecule has 1 aromatic rings. The molecule has 1 aliphatic rings. The van der Waals surface area contributed by atoms with Crippen molar-refractivity contribution >= 4 is 5.91 Å². The van der Waals surface area contributed by atoms with Crippen LogP contribution < -0.4 is 4.74 Å². The lowest BCUT2D eigenvalue weighted by molar-refractivity contribution is -0.130. The molecule has 1 saturated heterocycles. The van der Waals surface area contributed by atoms with Crippen molar-refractivity contribution in [3.05, 3.63) is 29.8 Å². The highest BCUT2D eigenvalue weighted by Gasteiger charge is 2.21. The Balaban J connectivity index is 1.88. The number of ether oxygens (including phenoxy) is 1.